The van der Waals surface area contributed by atoms with Crippen LogP contribution in [0.4, 0.5) is 0 Å². The Balaban J connectivity index is 1.73. The van der Waals surface area contributed by atoms with Crippen LogP contribution < -0.4 is 14.2 Å². The molecule has 2 aliphatic rings. The van der Waals surface area contributed by atoms with Gasteiger partial charge >= 0.3 is 0 Å². The summed E-state index contributed by atoms with van der Waals surface area (Å²) in [6.45, 7) is 5.47. The highest BCUT2D eigenvalue weighted by atomic mass is 79.9. The molecule has 2 heterocycles. The van der Waals surface area contributed by atoms with E-state index < -0.39 is 0 Å². The highest BCUT2D eigenvalue weighted by Crippen LogP contribution is 2.42. The second-order valence-electron chi connectivity index (χ2n) is 6.86. The minimum absolute atomic E-state index is 0.128. The van der Waals surface area contributed by atoms with Gasteiger partial charge < -0.3 is 14.2 Å². The van der Waals surface area contributed by atoms with E-state index in [0.717, 1.165) is 21.3 Å². The van der Waals surface area contributed by atoms with Crippen molar-refractivity contribution in [3.05, 3.63) is 57.3 Å². The quantitative estimate of drug-likeness (QED) is 0.665. The maximum atomic E-state index is 12.9. The van der Waals surface area contributed by atoms with E-state index in [1.807, 2.05) is 24.3 Å². The van der Waals surface area contributed by atoms with Gasteiger partial charge in [-0.05, 0) is 50.3 Å². The maximum Gasteiger partial charge on any atom is 0.231 e. The zero-order valence-electron chi connectivity index (χ0n) is 15.4. The topological polar surface area (TPSA) is 48.0 Å². The van der Waals surface area contributed by atoms with E-state index in [9.17, 15) is 4.79 Å². The fraction of sp³-hybridized carbons (Fsp3) is 0.286. The first-order valence-corrected chi connectivity index (χ1v) is 9.57. The molecule has 6 heteroatoms. The Morgan fingerprint density at radius 3 is 2.81 bits per heavy atom. The second-order valence-corrected chi connectivity index (χ2v) is 7.77. The van der Waals surface area contributed by atoms with Crippen molar-refractivity contribution >= 4 is 27.8 Å². The summed E-state index contributed by atoms with van der Waals surface area (Å²) in [5, 5.41) is 0. The van der Waals surface area contributed by atoms with Crippen molar-refractivity contribution in [2.75, 3.05) is 13.8 Å². The molecule has 2 aliphatic heterocycles. The molecular formula is C21H20BrNO4. The first-order valence-electron chi connectivity index (χ1n) is 8.78. The number of benzene rings is 2. The van der Waals surface area contributed by atoms with Gasteiger partial charge in [0.25, 0.3) is 0 Å². The van der Waals surface area contributed by atoms with Crippen molar-refractivity contribution < 1.29 is 19.0 Å². The summed E-state index contributed by atoms with van der Waals surface area (Å²) in [6, 6.07) is 9.60. The molecule has 0 aromatic heterocycles. The monoisotopic (exact) mass is 429 g/mol. The number of nitrogens with zero attached hydrogens (tertiary/aromatic N) is 1. The fourth-order valence-corrected chi connectivity index (χ4v) is 3.64. The van der Waals surface area contributed by atoms with Gasteiger partial charge in [0.05, 0.1) is 18.2 Å². The van der Waals surface area contributed by atoms with Crippen molar-refractivity contribution in [3.63, 3.8) is 0 Å². The van der Waals surface area contributed by atoms with Crippen molar-refractivity contribution in [2.24, 2.45) is 0 Å². The van der Waals surface area contributed by atoms with Crippen LogP contribution in [-0.2, 0) is 6.54 Å². The molecule has 0 aliphatic carbocycles. The number of Topliss-reactive ketones (excluding diaryl/α,β-unsaturated/α-hetero) is 1. The van der Waals surface area contributed by atoms with Gasteiger partial charge in [-0.15, -0.1) is 0 Å². The number of halogens is 1. The molecule has 5 nitrogen and oxygen atoms in total. The zero-order chi connectivity index (χ0) is 19.1. The van der Waals surface area contributed by atoms with Gasteiger partial charge in [-0.3, -0.25) is 9.69 Å². The highest BCUT2D eigenvalue weighted by Gasteiger charge is 2.34. The van der Waals surface area contributed by atoms with E-state index in [4.69, 9.17) is 14.2 Å². The smallest absolute Gasteiger partial charge is 0.231 e. The molecule has 0 fully saturated rings. The molecule has 0 atom stereocenters. The van der Waals surface area contributed by atoms with Crippen molar-refractivity contribution in [2.45, 2.75) is 26.4 Å². The number of rotatable bonds is 3. The molecule has 0 unspecified atom stereocenters. The Kier molecular flexibility index (Phi) is 4.70. The van der Waals surface area contributed by atoms with Crippen molar-refractivity contribution in [1.29, 1.82) is 0 Å². The average molecular weight is 430 g/mol. The first-order chi connectivity index (χ1) is 13.0. The molecule has 140 valence electrons. The zero-order valence-corrected chi connectivity index (χ0v) is 17.0. The lowest BCUT2D eigenvalue weighted by Gasteiger charge is -2.32. The van der Waals surface area contributed by atoms with Gasteiger partial charge in [0.15, 0.2) is 5.76 Å². The Labute approximate surface area is 166 Å². The second kappa shape index (κ2) is 7.02. The molecule has 0 saturated heterocycles. The molecule has 2 aromatic rings. The average Bonchev–Trinajstić information content (AvgIpc) is 2.97. The van der Waals surface area contributed by atoms with Crippen molar-refractivity contribution in [1.82, 2.24) is 4.90 Å². The van der Waals surface area contributed by atoms with E-state index in [-0.39, 0.29) is 11.5 Å². The molecule has 4 rings (SSSR count). The predicted molar refractivity (Wildman–Crippen MR) is 106 cm³/mol. The molecule has 0 amide bonds. The van der Waals surface area contributed by atoms with Crippen LogP contribution in [0.2, 0.25) is 0 Å². The standard InChI is InChI=1S/C21H20BrNO4/c1-12(2)23-10-16-18(26-11-23)7-5-15-20(24)19(27-21(15)16)9-13-8-14(22)4-6-17(13)25-3/h4-9,12H,10-11H2,1-3H3/b19-9-. The first kappa shape index (κ1) is 18.1. The summed E-state index contributed by atoms with van der Waals surface area (Å²) >= 11 is 3.46. The molecule has 27 heavy (non-hydrogen) atoms. The van der Waals surface area contributed by atoms with Crippen molar-refractivity contribution in [3.8, 4) is 17.2 Å². The lowest BCUT2D eigenvalue weighted by atomic mass is 10.0. The molecule has 0 N–H and O–H groups in total. The summed E-state index contributed by atoms with van der Waals surface area (Å²) in [7, 11) is 1.60. The third-order valence-corrected chi connectivity index (χ3v) is 5.35. The maximum absolute atomic E-state index is 12.9. The van der Waals surface area contributed by atoms with Gasteiger partial charge in [-0.1, -0.05) is 15.9 Å². The lowest BCUT2D eigenvalue weighted by Crippen LogP contribution is -2.37. The fourth-order valence-electron chi connectivity index (χ4n) is 3.27. The Bertz CT molecular complexity index is 951. The number of carbonyl (C=O) groups excluding carboxylic acids is 1. The lowest BCUT2D eigenvalue weighted by molar-refractivity contribution is 0.0674. The van der Waals surface area contributed by atoms with E-state index in [1.54, 1.807) is 19.3 Å². The number of ketones is 1. The third-order valence-electron chi connectivity index (χ3n) is 4.85. The van der Waals surface area contributed by atoms with Gasteiger partial charge in [0, 0.05) is 22.6 Å². The molecule has 2 aromatic carbocycles. The number of methoxy groups -OCH3 is 1. The summed E-state index contributed by atoms with van der Waals surface area (Å²) in [5.74, 6) is 2.21. The highest BCUT2D eigenvalue weighted by molar-refractivity contribution is 9.10. The summed E-state index contributed by atoms with van der Waals surface area (Å²) < 4.78 is 18.2. The van der Waals surface area contributed by atoms with Gasteiger partial charge in [0.2, 0.25) is 5.78 Å². The minimum atomic E-state index is -0.128. The number of allylic oxidation sites excluding steroid dienone is 1. The Morgan fingerprint density at radius 2 is 2.07 bits per heavy atom. The van der Waals surface area contributed by atoms with E-state index in [2.05, 4.69) is 34.7 Å². The van der Waals surface area contributed by atoms with Crippen LogP contribution >= 0.6 is 15.9 Å². The number of fused-ring (bicyclic) bond motifs is 3. The van der Waals surface area contributed by atoms with Crippen LogP contribution in [0.15, 0.2) is 40.6 Å². The SMILES string of the molecule is COc1ccc(Br)cc1/C=C1\Oc2c(ccc3c2CN(C(C)C)CO3)C1=O. The van der Waals surface area contributed by atoms with Crippen LogP contribution in [0.3, 0.4) is 0 Å². The Hall–Kier alpha value is -2.31. The van der Waals surface area contributed by atoms with Gasteiger partial charge in [0.1, 0.15) is 24.0 Å². The van der Waals surface area contributed by atoms with Crippen LogP contribution in [0.1, 0.15) is 35.3 Å². The number of hydrogen-bond donors (Lipinski definition) is 0. The molecular weight excluding hydrogens is 410 g/mol. The number of hydrogen-bond acceptors (Lipinski definition) is 5. The van der Waals surface area contributed by atoms with E-state index in [1.165, 1.54) is 0 Å². The van der Waals surface area contributed by atoms with Gasteiger partial charge in [-0.25, -0.2) is 0 Å². The number of ether oxygens (including phenoxy) is 3. The summed E-state index contributed by atoms with van der Waals surface area (Å²) in [5.41, 5.74) is 2.27. The van der Waals surface area contributed by atoms with E-state index in [0.29, 0.717) is 36.4 Å². The summed E-state index contributed by atoms with van der Waals surface area (Å²) in [4.78, 5) is 15.1. The molecule has 0 spiro atoms. The third kappa shape index (κ3) is 3.24. The predicted octanol–water partition coefficient (Wildman–Crippen LogP) is 4.63. The summed E-state index contributed by atoms with van der Waals surface area (Å²) in [6.07, 6.45) is 1.72. The minimum Gasteiger partial charge on any atom is -0.496 e. The normalized spacial score (nSPS) is 17.5. The van der Waals surface area contributed by atoms with E-state index >= 15 is 0 Å². The van der Waals surface area contributed by atoms with Gasteiger partial charge in [-0.2, -0.15) is 0 Å². The molecule has 0 saturated carbocycles. The number of carbonyl (C=O) groups is 1. The molecule has 0 radical (unpaired) electrons. The Morgan fingerprint density at radius 1 is 1.26 bits per heavy atom. The largest absolute Gasteiger partial charge is 0.496 e. The van der Waals surface area contributed by atoms with Crippen LogP contribution in [-0.4, -0.2) is 30.6 Å². The molecule has 0 bridgehead atoms. The van der Waals surface area contributed by atoms with Crippen LogP contribution in [0.25, 0.3) is 6.08 Å². The van der Waals surface area contributed by atoms with Crippen LogP contribution in [0, 0.1) is 0 Å². The van der Waals surface area contributed by atoms with Crippen LogP contribution in [0.5, 0.6) is 17.2 Å².